The van der Waals surface area contributed by atoms with E-state index >= 15 is 0 Å². The number of hydrogen-bond acceptors (Lipinski definition) is 4. The second-order valence-corrected chi connectivity index (χ2v) is 7.03. The van der Waals surface area contributed by atoms with E-state index < -0.39 is 0 Å². The third-order valence-corrected chi connectivity index (χ3v) is 5.51. The van der Waals surface area contributed by atoms with Crippen molar-refractivity contribution >= 4 is 32.5 Å². The minimum Gasteiger partial charge on any atom is -0.383 e. The van der Waals surface area contributed by atoms with Crippen molar-refractivity contribution in [1.82, 2.24) is 14.3 Å². The molecule has 0 saturated carbocycles. The molecule has 0 fully saturated rings. The first-order valence-electron chi connectivity index (χ1n) is 8.41. The molecule has 0 saturated heterocycles. The Morgan fingerprint density at radius 1 is 1.27 bits per heavy atom. The summed E-state index contributed by atoms with van der Waals surface area (Å²) in [5.74, 6) is 0. The van der Waals surface area contributed by atoms with E-state index in [-0.39, 0.29) is 11.1 Å². The highest BCUT2D eigenvalue weighted by atomic mass is 32.1. The Hall–Kier alpha value is -2.71. The number of rotatable bonds is 5. The molecule has 2 N–H and O–H groups in total. The van der Waals surface area contributed by atoms with Gasteiger partial charge in [0.15, 0.2) is 0 Å². The second-order valence-electron chi connectivity index (χ2n) is 6.00. The molecule has 3 aromatic heterocycles. The summed E-state index contributed by atoms with van der Waals surface area (Å²) in [6.45, 7) is 2.79. The first-order valence-corrected chi connectivity index (χ1v) is 9.23. The number of benzene rings is 1. The van der Waals surface area contributed by atoms with Gasteiger partial charge in [0.25, 0.3) is 5.56 Å². The van der Waals surface area contributed by atoms with Gasteiger partial charge < -0.3 is 9.30 Å². The molecule has 0 aliphatic heterocycles. The lowest BCUT2D eigenvalue weighted by Gasteiger charge is -2.10. The summed E-state index contributed by atoms with van der Waals surface area (Å²) >= 11 is 1.49. The minimum absolute atomic E-state index is 0.139. The summed E-state index contributed by atoms with van der Waals surface area (Å²) in [5, 5.41) is 4.31. The Morgan fingerprint density at radius 3 is 2.81 bits per heavy atom. The number of hydrogen-bond donors (Lipinski definition) is 1. The van der Waals surface area contributed by atoms with Crippen LogP contribution in [0.3, 0.4) is 0 Å². The number of aromatic nitrogens is 4. The molecule has 4 rings (SSSR count). The number of nitrogens with one attached hydrogen (secondary N) is 2. The maximum absolute atomic E-state index is 13.1. The number of aromatic amines is 2. The molecule has 0 amide bonds. The first kappa shape index (κ1) is 16.7. The fourth-order valence-corrected chi connectivity index (χ4v) is 4.22. The van der Waals surface area contributed by atoms with Crippen molar-refractivity contribution in [2.45, 2.75) is 19.9 Å². The number of para-hydroxylation sites is 1. The third-order valence-electron chi connectivity index (χ3n) is 4.46. The Morgan fingerprint density at radius 2 is 2.08 bits per heavy atom. The lowest BCUT2D eigenvalue weighted by Crippen LogP contribution is -2.26. The molecular formula is C18H19N4O3S+. The average molecular weight is 371 g/mol. The van der Waals surface area contributed by atoms with Crippen molar-refractivity contribution in [2.75, 3.05) is 13.7 Å². The summed E-state index contributed by atoms with van der Waals surface area (Å²) in [5.41, 5.74) is 1.95. The van der Waals surface area contributed by atoms with E-state index in [0.29, 0.717) is 35.6 Å². The predicted molar refractivity (Wildman–Crippen MR) is 101 cm³/mol. The zero-order valence-corrected chi connectivity index (χ0v) is 15.4. The predicted octanol–water partition coefficient (Wildman–Crippen LogP) is 1.72. The second kappa shape index (κ2) is 6.54. The van der Waals surface area contributed by atoms with Crippen molar-refractivity contribution < 1.29 is 9.72 Å². The molecule has 0 aliphatic carbocycles. The lowest BCUT2D eigenvalue weighted by molar-refractivity contribution is -0.334. The summed E-state index contributed by atoms with van der Waals surface area (Å²) in [6, 6.07) is 9.35. The zero-order chi connectivity index (χ0) is 18.3. The highest BCUT2D eigenvalue weighted by molar-refractivity contribution is 7.20. The van der Waals surface area contributed by atoms with Gasteiger partial charge in [-0.3, -0.25) is 4.79 Å². The molecular weight excluding hydrogens is 352 g/mol. The van der Waals surface area contributed by atoms with Gasteiger partial charge in [0.1, 0.15) is 10.9 Å². The smallest absolute Gasteiger partial charge is 0.369 e. The number of thiazole rings is 1. The van der Waals surface area contributed by atoms with Crippen LogP contribution in [0.25, 0.3) is 26.3 Å². The molecule has 3 heterocycles. The number of methoxy groups -OCH3 is 1. The SMILES string of the molecule is CCc1c2c(=O)n(-c3[nH+]c4ccccc4s3)[nH]c2cc(=O)n1CCOC. The third kappa shape index (κ3) is 2.58. The summed E-state index contributed by atoms with van der Waals surface area (Å²) in [6.07, 6.45) is 0.583. The molecule has 0 unspecified atom stereocenters. The number of pyridine rings is 1. The zero-order valence-electron chi connectivity index (χ0n) is 14.5. The number of ether oxygens (including phenoxy) is 1. The molecule has 26 heavy (non-hydrogen) atoms. The van der Waals surface area contributed by atoms with E-state index in [2.05, 4.69) is 10.1 Å². The number of nitrogens with zero attached hydrogens (tertiary/aromatic N) is 2. The number of H-pyrrole nitrogens is 2. The molecule has 7 nitrogen and oxygen atoms in total. The highest BCUT2D eigenvalue weighted by Gasteiger charge is 2.23. The average Bonchev–Trinajstić information content (AvgIpc) is 3.20. The fraction of sp³-hybridized carbons (Fsp3) is 0.278. The molecule has 0 aliphatic rings. The maximum Gasteiger partial charge on any atom is 0.369 e. The number of aryl methyl sites for hydroxylation is 1. The van der Waals surface area contributed by atoms with Gasteiger partial charge in [-0.1, -0.05) is 23.7 Å². The van der Waals surface area contributed by atoms with Crippen molar-refractivity contribution in [3.8, 4) is 5.13 Å². The van der Waals surface area contributed by atoms with Crippen LogP contribution in [0.2, 0.25) is 0 Å². The largest absolute Gasteiger partial charge is 0.383 e. The van der Waals surface area contributed by atoms with Crippen LogP contribution in [0, 0.1) is 0 Å². The van der Waals surface area contributed by atoms with Crippen LogP contribution in [0.5, 0.6) is 0 Å². The van der Waals surface area contributed by atoms with Gasteiger partial charge in [-0.15, -0.1) is 0 Å². The maximum atomic E-state index is 13.1. The van der Waals surface area contributed by atoms with Crippen LogP contribution in [0.15, 0.2) is 39.9 Å². The van der Waals surface area contributed by atoms with Gasteiger partial charge in [-0.25, -0.2) is 14.9 Å². The van der Waals surface area contributed by atoms with Crippen LogP contribution >= 0.6 is 11.3 Å². The minimum atomic E-state index is -0.161. The van der Waals surface area contributed by atoms with Crippen molar-refractivity contribution in [3.63, 3.8) is 0 Å². The van der Waals surface area contributed by atoms with Crippen molar-refractivity contribution in [2.24, 2.45) is 0 Å². The van der Waals surface area contributed by atoms with Crippen LogP contribution in [-0.2, 0) is 17.7 Å². The standard InChI is InChI=1S/C18H18N4O3S/c1-3-13-16-12(10-15(23)21(13)8-9-25-2)20-22(17(16)24)18-19-11-6-4-5-7-14(11)26-18/h4-7,10,20H,3,8-9H2,1-2H3/p+1. The Balaban J connectivity index is 1.97. The van der Waals surface area contributed by atoms with Crippen LogP contribution in [-0.4, -0.2) is 28.1 Å². The molecule has 0 atom stereocenters. The van der Waals surface area contributed by atoms with E-state index in [1.807, 2.05) is 31.2 Å². The monoisotopic (exact) mass is 371 g/mol. The van der Waals surface area contributed by atoms with Gasteiger partial charge in [0.2, 0.25) is 0 Å². The van der Waals surface area contributed by atoms with Crippen LogP contribution in [0.1, 0.15) is 12.6 Å². The van der Waals surface area contributed by atoms with Crippen molar-refractivity contribution in [1.29, 1.82) is 0 Å². The highest BCUT2D eigenvalue weighted by Crippen LogP contribution is 2.21. The summed E-state index contributed by atoms with van der Waals surface area (Å²) < 4.78 is 9.26. The quantitative estimate of drug-likeness (QED) is 0.580. The van der Waals surface area contributed by atoms with Crippen molar-refractivity contribution in [3.05, 3.63) is 56.7 Å². The van der Waals surface area contributed by atoms with Gasteiger partial charge in [0.05, 0.1) is 16.8 Å². The molecule has 8 heteroatoms. The normalized spacial score (nSPS) is 11.6. The summed E-state index contributed by atoms with van der Waals surface area (Å²) in [4.78, 5) is 28.8. The Kier molecular flexibility index (Phi) is 4.21. The molecule has 4 aromatic rings. The van der Waals surface area contributed by atoms with Gasteiger partial charge in [-0.05, 0) is 29.9 Å². The van der Waals surface area contributed by atoms with Crippen LogP contribution < -0.4 is 16.1 Å². The van der Waals surface area contributed by atoms with E-state index in [4.69, 9.17) is 4.74 Å². The topological polar surface area (TPSA) is 83.2 Å². The molecule has 134 valence electrons. The Bertz CT molecular complexity index is 1180. The van der Waals surface area contributed by atoms with E-state index in [1.165, 1.54) is 22.1 Å². The Labute approximate surface area is 152 Å². The molecule has 1 aromatic carbocycles. The van der Waals surface area contributed by atoms with Gasteiger partial charge >= 0.3 is 10.7 Å². The van der Waals surface area contributed by atoms with Gasteiger partial charge in [-0.2, -0.15) is 0 Å². The first-order chi connectivity index (χ1) is 12.6. The molecule has 0 bridgehead atoms. The fourth-order valence-electron chi connectivity index (χ4n) is 3.25. The molecule has 0 radical (unpaired) electrons. The van der Waals surface area contributed by atoms with E-state index in [0.717, 1.165) is 15.9 Å². The lowest BCUT2D eigenvalue weighted by atomic mass is 10.2. The van der Waals surface area contributed by atoms with Crippen LogP contribution in [0.4, 0.5) is 0 Å². The number of fused-ring (bicyclic) bond motifs is 2. The van der Waals surface area contributed by atoms with Gasteiger partial charge in [0, 0.05) is 25.4 Å². The van der Waals surface area contributed by atoms with E-state index in [9.17, 15) is 9.59 Å². The van der Waals surface area contributed by atoms with E-state index in [1.54, 1.807) is 11.7 Å². The molecule has 0 spiro atoms. The summed E-state index contributed by atoms with van der Waals surface area (Å²) in [7, 11) is 1.59.